The summed E-state index contributed by atoms with van der Waals surface area (Å²) >= 11 is 0. The third-order valence-electron chi connectivity index (χ3n) is 2.20. The maximum Gasteiger partial charge on any atom is 0.353 e. The van der Waals surface area contributed by atoms with Crippen molar-refractivity contribution in [1.29, 1.82) is 0 Å². The fourth-order valence-electron chi connectivity index (χ4n) is 1.19. The number of hydrogen-bond donors (Lipinski definition) is 0. The molecule has 10 radical (unpaired) electrons. The van der Waals surface area contributed by atoms with Crippen LogP contribution in [0.5, 0.6) is 0 Å². The maximum absolute atomic E-state index is 11.5. The van der Waals surface area contributed by atoms with Gasteiger partial charge in [0.1, 0.15) is 0 Å². The van der Waals surface area contributed by atoms with Gasteiger partial charge in [-0.2, -0.15) is 0 Å². The van der Waals surface area contributed by atoms with Crippen LogP contribution < -0.4 is 0 Å². The molecule has 2 rings (SSSR count). The normalized spacial score (nSPS) is 20.1. The van der Waals surface area contributed by atoms with E-state index in [0.29, 0.717) is 0 Å². The van der Waals surface area contributed by atoms with Crippen molar-refractivity contribution in [2.45, 2.75) is 0 Å². The van der Waals surface area contributed by atoms with Crippen molar-refractivity contribution >= 4 is 7.60 Å². The number of rotatable bonds is 4. The van der Waals surface area contributed by atoms with Gasteiger partial charge in [0.2, 0.25) is 0 Å². The second kappa shape index (κ2) is 11.1. The van der Waals surface area contributed by atoms with Crippen molar-refractivity contribution in [2.24, 2.45) is 0 Å². The molecule has 0 aliphatic heterocycles. The summed E-state index contributed by atoms with van der Waals surface area (Å²) in [6.07, 6.45) is 19.3. The van der Waals surface area contributed by atoms with Crippen LogP contribution in [-0.4, -0.2) is 14.2 Å². The fraction of sp³-hybridized carbons (Fsp3) is 0.143. The van der Waals surface area contributed by atoms with Crippen LogP contribution in [0.15, 0.2) is 11.9 Å². The third-order valence-corrected chi connectivity index (χ3v) is 3.73. The Balaban J connectivity index is 0.000000454. The van der Waals surface area contributed by atoms with Crippen LogP contribution in [0.1, 0.15) is 0 Å². The molecule has 19 heavy (non-hydrogen) atoms. The Bertz CT molecular complexity index is 269. The van der Waals surface area contributed by atoms with E-state index < -0.39 is 7.60 Å². The SMILES string of the molecule is COP(=O)(/C=C/[C]1[CH][CH][CH][CH]1)OC.[CH]1[CH][CH][CH][CH]1.[Fe]. The molecule has 0 aromatic heterocycles. The maximum atomic E-state index is 11.5. The van der Waals surface area contributed by atoms with Gasteiger partial charge < -0.3 is 9.05 Å². The summed E-state index contributed by atoms with van der Waals surface area (Å²) in [6.45, 7) is 0. The Kier molecular flexibility index (Phi) is 11.4. The van der Waals surface area contributed by atoms with Gasteiger partial charge in [-0.1, -0.05) is 6.08 Å². The van der Waals surface area contributed by atoms with Gasteiger partial charge in [-0.25, -0.2) is 0 Å². The van der Waals surface area contributed by atoms with Crippen LogP contribution in [0.2, 0.25) is 0 Å². The topological polar surface area (TPSA) is 35.5 Å². The number of hydrogen-bond acceptors (Lipinski definition) is 3. The van der Waals surface area contributed by atoms with Crippen molar-refractivity contribution in [3.63, 3.8) is 0 Å². The average Bonchev–Trinajstić information content (AvgIpc) is 3.10. The van der Waals surface area contributed by atoms with Gasteiger partial charge in [0, 0.05) is 43.0 Å². The minimum Gasteiger partial charge on any atom is -0.309 e. The molecule has 104 valence electrons. The largest absolute Gasteiger partial charge is 0.353 e. The second-order valence-corrected chi connectivity index (χ2v) is 5.51. The van der Waals surface area contributed by atoms with Crippen LogP contribution in [0.4, 0.5) is 0 Å². The molecule has 0 N–H and O–H groups in total. The van der Waals surface area contributed by atoms with Gasteiger partial charge in [0.25, 0.3) is 0 Å². The van der Waals surface area contributed by atoms with E-state index in [4.69, 9.17) is 9.05 Å². The molecule has 2 fully saturated rings. The molecule has 0 amide bonds. The summed E-state index contributed by atoms with van der Waals surface area (Å²) in [5.41, 5.74) is 0. The van der Waals surface area contributed by atoms with Crippen LogP contribution >= 0.6 is 7.60 Å². The summed E-state index contributed by atoms with van der Waals surface area (Å²) in [5.74, 6) is 2.43. The Labute approximate surface area is 128 Å². The Morgan fingerprint density at radius 1 is 0.895 bits per heavy atom. The van der Waals surface area contributed by atoms with Gasteiger partial charge in [0.15, 0.2) is 0 Å². The van der Waals surface area contributed by atoms with Crippen LogP contribution in [0.3, 0.4) is 0 Å². The molecule has 0 unspecified atom stereocenters. The summed E-state index contributed by atoms with van der Waals surface area (Å²) < 4.78 is 21.0. The van der Waals surface area contributed by atoms with E-state index in [1.54, 1.807) is 6.08 Å². The Morgan fingerprint density at radius 2 is 1.32 bits per heavy atom. The Hall–Kier alpha value is 0.409. The van der Waals surface area contributed by atoms with Gasteiger partial charge in [0.05, 0.1) is 0 Å². The van der Waals surface area contributed by atoms with Crippen molar-refractivity contribution in [1.82, 2.24) is 0 Å². The first kappa shape index (κ1) is 19.4. The minimum atomic E-state index is -3.00. The molecule has 2 saturated carbocycles. The molecular formula is C14H17FeO3P. The Morgan fingerprint density at radius 3 is 1.68 bits per heavy atom. The number of allylic oxidation sites excluding steroid dienone is 1. The molecule has 0 atom stereocenters. The van der Waals surface area contributed by atoms with Gasteiger partial charge >= 0.3 is 7.60 Å². The van der Waals surface area contributed by atoms with Gasteiger partial charge in [-0.05, 0) is 57.8 Å². The zero-order chi connectivity index (χ0) is 13.3. The van der Waals surface area contributed by atoms with E-state index in [1.165, 1.54) is 20.0 Å². The van der Waals surface area contributed by atoms with E-state index in [-0.39, 0.29) is 17.1 Å². The third kappa shape index (κ3) is 8.32. The van der Waals surface area contributed by atoms with E-state index in [2.05, 4.69) is 0 Å². The first-order chi connectivity index (χ1) is 8.70. The molecule has 0 bridgehead atoms. The van der Waals surface area contributed by atoms with Crippen LogP contribution in [0, 0.1) is 63.7 Å². The average molecular weight is 320 g/mol. The predicted molar refractivity (Wildman–Crippen MR) is 72.7 cm³/mol. The standard InChI is InChI=1S/C9H12O3P.C5H5.Fe/c1-11-13(10,12-2)8-7-9-5-3-4-6-9;1-2-4-5-3-1;/h3-8H,1-2H3;1-5H;/b8-7+;;. The van der Waals surface area contributed by atoms with E-state index in [9.17, 15) is 4.57 Å². The molecule has 0 spiro atoms. The van der Waals surface area contributed by atoms with Crippen LogP contribution in [0.25, 0.3) is 0 Å². The molecule has 0 heterocycles. The molecule has 3 nitrogen and oxygen atoms in total. The zero-order valence-electron chi connectivity index (χ0n) is 10.9. The van der Waals surface area contributed by atoms with Gasteiger partial charge in [-0.3, -0.25) is 4.57 Å². The molecule has 2 aliphatic carbocycles. The molecule has 0 saturated heterocycles. The summed E-state index contributed by atoms with van der Waals surface area (Å²) in [4.78, 5) is 0. The molecule has 0 aromatic rings. The quantitative estimate of drug-likeness (QED) is 0.588. The van der Waals surface area contributed by atoms with Gasteiger partial charge in [-0.15, -0.1) is 0 Å². The van der Waals surface area contributed by atoms with Crippen molar-refractivity contribution < 1.29 is 30.7 Å². The first-order valence-electron chi connectivity index (χ1n) is 5.49. The van der Waals surface area contributed by atoms with Crippen molar-refractivity contribution in [3.8, 4) is 0 Å². The van der Waals surface area contributed by atoms with E-state index >= 15 is 0 Å². The fourth-order valence-corrected chi connectivity index (χ4v) is 1.94. The van der Waals surface area contributed by atoms with E-state index in [0.717, 1.165) is 5.92 Å². The van der Waals surface area contributed by atoms with Crippen LogP contribution in [-0.2, 0) is 30.7 Å². The minimum absolute atomic E-state index is 0. The summed E-state index contributed by atoms with van der Waals surface area (Å²) in [7, 11) is -0.281. The molecule has 5 heteroatoms. The predicted octanol–water partition coefficient (Wildman–Crippen LogP) is 3.41. The zero-order valence-corrected chi connectivity index (χ0v) is 12.9. The monoisotopic (exact) mass is 320 g/mol. The first-order valence-corrected chi connectivity index (χ1v) is 7.10. The summed E-state index contributed by atoms with van der Waals surface area (Å²) in [6, 6.07) is 0. The second-order valence-electron chi connectivity index (χ2n) is 3.40. The van der Waals surface area contributed by atoms with Crippen molar-refractivity contribution in [2.75, 3.05) is 14.2 Å². The molecular weight excluding hydrogens is 303 g/mol. The van der Waals surface area contributed by atoms with E-state index in [1.807, 2.05) is 57.8 Å². The van der Waals surface area contributed by atoms with Crippen molar-refractivity contribution in [3.05, 3.63) is 75.6 Å². The smallest absolute Gasteiger partial charge is 0.309 e. The molecule has 2 aliphatic rings. The molecule has 0 aromatic carbocycles. The summed E-state index contributed by atoms with van der Waals surface area (Å²) in [5, 5.41) is 0.